The first-order valence-electron chi connectivity index (χ1n) is 8.11. The molecule has 0 aromatic carbocycles. The molecule has 0 bridgehead atoms. The summed E-state index contributed by atoms with van der Waals surface area (Å²) in [6.07, 6.45) is 7.17. The van der Waals surface area contributed by atoms with Crippen LogP contribution in [0.5, 0.6) is 0 Å². The number of nitrogens with zero attached hydrogens (tertiary/aromatic N) is 7. The Kier molecular flexibility index (Phi) is 4.00. The maximum Gasteiger partial charge on any atom is 0.258 e. The van der Waals surface area contributed by atoms with Crippen LogP contribution in [0.4, 0.5) is 0 Å². The summed E-state index contributed by atoms with van der Waals surface area (Å²) in [6, 6.07) is 8.96. The molecular formula is C18H13N7O. The number of nitriles is 2. The van der Waals surface area contributed by atoms with E-state index in [0.717, 1.165) is 24.0 Å². The number of hydrogen-bond acceptors (Lipinski definition) is 8. The van der Waals surface area contributed by atoms with Gasteiger partial charge in [0.25, 0.3) is 5.89 Å². The molecule has 1 unspecified atom stereocenters. The zero-order chi connectivity index (χ0) is 17.9. The molecule has 1 saturated heterocycles. The number of rotatable bonds is 3. The first-order valence-corrected chi connectivity index (χ1v) is 8.11. The standard InChI is InChI=1S/C18H13N7O/c19-10-14-8-12(3-5-21-14)15-9-13(4-6-22-15)18-23-17(24-26-18)16-2-1-7-25(16)11-20/h3-6,8-9,16H,1-2,7H2. The SMILES string of the molecule is N#Cc1cc(-c2cc(-c3nc(C4CCCN4C#N)no3)ccn2)ccn1. The third-order valence-corrected chi connectivity index (χ3v) is 4.30. The van der Waals surface area contributed by atoms with Gasteiger partial charge in [-0.15, -0.1) is 0 Å². The molecule has 8 nitrogen and oxygen atoms in total. The monoisotopic (exact) mass is 343 g/mol. The Morgan fingerprint density at radius 1 is 1.12 bits per heavy atom. The van der Waals surface area contributed by atoms with E-state index in [0.29, 0.717) is 29.6 Å². The molecule has 4 heterocycles. The lowest BCUT2D eigenvalue weighted by atomic mass is 10.1. The highest BCUT2D eigenvalue weighted by molar-refractivity contribution is 5.66. The molecule has 0 amide bonds. The van der Waals surface area contributed by atoms with Gasteiger partial charge in [-0.3, -0.25) is 9.88 Å². The maximum atomic E-state index is 9.18. The lowest BCUT2D eigenvalue weighted by Gasteiger charge is -2.13. The van der Waals surface area contributed by atoms with Crippen LogP contribution in [-0.4, -0.2) is 31.6 Å². The van der Waals surface area contributed by atoms with Crippen molar-refractivity contribution in [2.75, 3.05) is 6.54 Å². The molecule has 8 heteroatoms. The lowest BCUT2D eigenvalue weighted by molar-refractivity contribution is 0.339. The van der Waals surface area contributed by atoms with Gasteiger partial charge < -0.3 is 4.52 Å². The van der Waals surface area contributed by atoms with Crippen molar-refractivity contribution in [2.45, 2.75) is 18.9 Å². The van der Waals surface area contributed by atoms with E-state index in [1.165, 1.54) is 0 Å². The third-order valence-electron chi connectivity index (χ3n) is 4.30. The van der Waals surface area contributed by atoms with Gasteiger partial charge >= 0.3 is 0 Å². The molecule has 3 aromatic rings. The molecule has 4 rings (SSSR count). The van der Waals surface area contributed by atoms with Crippen LogP contribution < -0.4 is 0 Å². The van der Waals surface area contributed by atoms with Crippen molar-refractivity contribution in [1.29, 1.82) is 10.5 Å². The van der Waals surface area contributed by atoms with E-state index in [9.17, 15) is 5.26 Å². The fraction of sp³-hybridized carbons (Fsp3) is 0.222. The molecule has 0 saturated carbocycles. The van der Waals surface area contributed by atoms with Crippen LogP contribution in [0.15, 0.2) is 41.2 Å². The number of pyridine rings is 2. The summed E-state index contributed by atoms with van der Waals surface area (Å²) in [4.78, 5) is 14.4. The minimum absolute atomic E-state index is 0.128. The van der Waals surface area contributed by atoms with Crippen molar-refractivity contribution in [1.82, 2.24) is 25.0 Å². The normalized spacial score (nSPS) is 16.2. The second kappa shape index (κ2) is 6.61. The molecule has 3 aromatic heterocycles. The summed E-state index contributed by atoms with van der Waals surface area (Å²) in [6.45, 7) is 0.716. The van der Waals surface area contributed by atoms with Crippen LogP contribution in [0.2, 0.25) is 0 Å². The minimum atomic E-state index is -0.128. The van der Waals surface area contributed by atoms with Gasteiger partial charge in [-0.05, 0) is 37.1 Å². The van der Waals surface area contributed by atoms with E-state index in [2.05, 4.69) is 26.3 Å². The number of aromatic nitrogens is 4. The molecule has 1 atom stereocenters. The highest BCUT2D eigenvalue weighted by Crippen LogP contribution is 2.31. The van der Waals surface area contributed by atoms with Crippen molar-refractivity contribution < 1.29 is 4.52 Å². The van der Waals surface area contributed by atoms with Gasteiger partial charge in [-0.25, -0.2) is 4.98 Å². The van der Waals surface area contributed by atoms with E-state index in [1.54, 1.807) is 35.5 Å². The van der Waals surface area contributed by atoms with Gasteiger partial charge in [0.1, 0.15) is 17.8 Å². The van der Waals surface area contributed by atoms with Crippen LogP contribution in [-0.2, 0) is 0 Å². The molecule has 0 N–H and O–H groups in total. The average molecular weight is 343 g/mol. The quantitative estimate of drug-likeness (QED) is 0.666. The van der Waals surface area contributed by atoms with Gasteiger partial charge in [-0.2, -0.15) is 15.5 Å². The first kappa shape index (κ1) is 15.7. The Morgan fingerprint density at radius 2 is 1.96 bits per heavy atom. The van der Waals surface area contributed by atoms with Crippen LogP contribution in [0, 0.1) is 22.8 Å². The van der Waals surface area contributed by atoms with E-state index in [-0.39, 0.29) is 6.04 Å². The smallest absolute Gasteiger partial charge is 0.258 e. The molecule has 126 valence electrons. The molecule has 26 heavy (non-hydrogen) atoms. The number of hydrogen-bond donors (Lipinski definition) is 0. The predicted octanol–water partition coefficient (Wildman–Crippen LogP) is 2.68. The molecule has 0 radical (unpaired) electrons. The summed E-state index contributed by atoms with van der Waals surface area (Å²) < 4.78 is 5.40. The number of likely N-dealkylation sites (tertiary alicyclic amines) is 1. The molecule has 1 aliphatic heterocycles. The second-order valence-electron chi connectivity index (χ2n) is 5.88. The minimum Gasteiger partial charge on any atom is -0.334 e. The fourth-order valence-corrected chi connectivity index (χ4v) is 3.01. The molecule has 0 aliphatic carbocycles. The summed E-state index contributed by atoms with van der Waals surface area (Å²) in [5.41, 5.74) is 2.52. The molecule has 0 spiro atoms. The highest BCUT2D eigenvalue weighted by Gasteiger charge is 2.29. The van der Waals surface area contributed by atoms with Crippen LogP contribution >= 0.6 is 0 Å². The van der Waals surface area contributed by atoms with Gasteiger partial charge in [0.05, 0.1) is 5.69 Å². The third kappa shape index (κ3) is 2.85. The van der Waals surface area contributed by atoms with Crippen molar-refractivity contribution in [2.24, 2.45) is 0 Å². The Labute approximate surface area is 149 Å². The highest BCUT2D eigenvalue weighted by atomic mass is 16.5. The first-order chi connectivity index (χ1) is 12.8. The van der Waals surface area contributed by atoms with Crippen molar-refractivity contribution in [3.63, 3.8) is 0 Å². The zero-order valence-corrected chi connectivity index (χ0v) is 13.7. The molecular weight excluding hydrogens is 330 g/mol. The van der Waals surface area contributed by atoms with E-state index in [1.807, 2.05) is 12.1 Å². The van der Waals surface area contributed by atoms with Gasteiger partial charge in [-0.1, -0.05) is 5.16 Å². The second-order valence-corrected chi connectivity index (χ2v) is 5.88. The Bertz CT molecular complexity index is 1030. The average Bonchev–Trinajstić information content (AvgIpc) is 3.37. The molecule has 1 aliphatic rings. The Balaban J connectivity index is 1.65. The Morgan fingerprint density at radius 3 is 2.81 bits per heavy atom. The van der Waals surface area contributed by atoms with E-state index in [4.69, 9.17) is 9.78 Å². The summed E-state index contributed by atoms with van der Waals surface area (Å²) in [7, 11) is 0. The summed E-state index contributed by atoms with van der Waals surface area (Å²) in [5.74, 6) is 0.899. The van der Waals surface area contributed by atoms with Crippen molar-refractivity contribution in [3.8, 4) is 35.0 Å². The van der Waals surface area contributed by atoms with Gasteiger partial charge in [0, 0.05) is 30.1 Å². The van der Waals surface area contributed by atoms with Crippen molar-refractivity contribution >= 4 is 0 Å². The largest absolute Gasteiger partial charge is 0.334 e. The van der Waals surface area contributed by atoms with Gasteiger partial charge in [0.15, 0.2) is 12.0 Å². The van der Waals surface area contributed by atoms with Crippen molar-refractivity contribution in [3.05, 3.63) is 48.2 Å². The summed E-state index contributed by atoms with van der Waals surface area (Å²) in [5, 5.41) is 22.2. The lowest BCUT2D eigenvalue weighted by Crippen LogP contribution is -2.17. The molecule has 1 fully saturated rings. The van der Waals surface area contributed by atoms with Crippen LogP contribution in [0.3, 0.4) is 0 Å². The fourth-order valence-electron chi connectivity index (χ4n) is 3.01. The van der Waals surface area contributed by atoms with E-state index >= 15 is 0 Å². The topological polar surface area (TPSA) is 116 Å². The van der Waals surface area contributed by atoms with Crippen LogP contribution in [0.1, 0.15) is 30.4 Å². The summed E-state index contributed by atoms with van der Waals surface area (Å²) >= 11 is 0. The zero-order valence-electron chi connectivity index (χ0n) is 13.7. The van der Waals surface area contributed by atoms with Gasteiger partial charge in [0.2, 0.25) is 0 Å². The Hall–Kier alpha value is -3.78. The maximum absolute atomic E-state index is 9.18. The van der Waals surface area contributed by atoms with Crippen LogP contribution in [0.25, 0.3) is 22.7 Å². The predicted molar refractivity (Wildman–Crippen MR) is 89.8 cm³/mol. The van der Waals surface area contributed by atoms with E-state index < -0.39 is 0 Å².